The van der Waals surface area contributed by atoms with Crippen molar-refractivity contribution in [2.75, 3.05) is 12.8 Å². The maximum Gasteiger partial charge on any atom is 0.183 e. The number of nitrogens with zero attached hydrogens (tertiary/aromatic N) is 2. The Morgan fingerprint density at radius 2 is 1.88 bits per heavy atom. The Morgan fingerprint density at radius 1 is 1.16 bits per heavy atom. The van der Waals surface area contributed by atoms with Gasteiger partial charge in [0.25, 0.3) is 0 Å². The van der Waals surface area contributed by atoms with Crippen molar-refractivity contribution >= 4 is 21.0 Å². The Balaban J connectivity index is 2.19. The predicted molar refractivity (Wildman–Crippen MR) is 98.5 cm³/mol. The molecule has 0 radical (unpaired) electrons. The summed E-state index contributed by atoms with van der Waals surface area (Å²) in [6.07, 6.45) is 3.36. The Morgan fingerprint density at radius 3 is 2.48 bits per heavy atom. The van der Waals surface area contributed by atoms with Gasteiger partial charge in [-0.2, -0.15) is 5.10 Å². The third-order valence-electron chi connectivity index (χ3n) is 4.15. The SMILES string of the molecule is COc1ccc(-c2cnn3ccc(S(=O)(=O)C(C)(C)C)cc23)cc1N. The molecular weight excluding hydrogens is 338 g/mol. The number of hydrogen-bond acceptors (Lipinski definition) is 5. The lowest BCUT2D eigenvalue weighted by Gasteiger charge is -2.19. The average molecular weight is 359 g/mol. The van der Waals surface area contributed by atoms with Crippen molar-refractivity contribution in [3.05, 3.63) is 42.7 Å². The van der Waals surface area contributed by atoms with Gasteiger partial charge in [-0.1, -0.05) is 6.07 Å². The number of pyridine rings is 1. The Bertz CT molecular complexity index is 1050. The number of ether oxygens (including phenoxy) is 1. The van der Waals surface area contributed by atoms with E-state index in [0.717, 1.165) is 11.1 Å². The van der Waals surface area contributed by atoms with E-state index < -0.39 is 14.6 Å². The summed E-state index contributed by atoms with van der Waals surface area (Å²) in [4.78, 5) is 0.274. The van der Waals surface area contributed by atoms with Crippen LogP contribution < -0.4 is 10.5 Å². The second kappa shape index (κ2) is 5.77. The smallest absolute Gasteiger partial charge is 0.183 e. The number of hydrogen-bond donors (Lipinski definition) is 1. The summed E-state index contributed by atoms with van der Waals surface area (Å²) < 4.78 is 31.4. The van der Waals surface area contributed by atoms with Crippen LogP contribution in [0.25, 0.3) is 16.6 Å². The maximum atomic E-state index is 12.7. The van der Waals surface area contributed by atoms with Crippen LogP contribution in [0, 0.1) is 0 Å². The molecule has 0 saturated carbocycles. The molecule has 2 heterocycles. The van der Waals surface area contributed by atoms with Crippen molar-refractivity contribution < 1.29 is 13.2 Å². The van der Waals surface area contributed by atoms with Gasteiger partial charge in [0.15, 0.2) is 9.84 Å². The Kier molecular flexibility index (Phi) is 3.99. The molecule has 0 amide bonds. The standard InChI is InChI=1S/C18H21N3O3S/c1-18(2,3)25(22,23)13-7-8-21-16(10-13)14(11-20-21)12-5-6-17(24-4)15(19)9-12/h5-11H,19H2,1-4H3. The zero-order valence-corrected chi connectivity index (χ0v) is 15.5. The van der Waals surface area contributed by atoms with Gasteiger partial charge in [0.05, 0.1) is 34.2 Å². The van der Waals surface area contributed by atoms with Gasteiger partial charge in [-0.3, -0.25) is 0 Å². The molecule has 132 valence electrons. The highest BCUT2D eigenvalue weighted by molar-refractivity contribution is 7.92. The molecule has 0 bridgehead atoms. The monoisotopic (exact) mass is 359 g/mol. The van der Waals surface area contributed by atoms with Gasteiger partial charge >= 0.3 is 0 Å². The van der Waals surface area contributed by atoms with Crippen molar-refractivity contribution in [1.82, 2.24) is 9.61 Å². The molecule has 0 atom stereocenters. The molecular formula is C18H21N3O3S. The molecule has 0 unspecified atom stereocenters. The molecule has 6 nitrogen and oxygen atoms in total. The molecule has 1 aromatic carbocycles. The van der Waals surface area contributed by atoms with E-state index in [0.29, 0.717) is 17.0 Å². The second-order valence-electron chi connectivity index (χ2n) is 6.82. The van der Waals surface area contributed by atoms with Crippen LogP contribution >= 0.6 is 0 Å². The van der Waals surface area contributed by atoms with Gasteiger partial charge in [0.1, 0.15) is 5.75 Å². The van der Waals surface area contributed by atoms with E-state index in [1.807, 2.05) is 6.07 Å². The number of rotatable bonds is 3. The summed E-state index contributed by atoms with van der Waals surface area (Å²) in [5, 5.41) is 4.30. The lowest BCUT2D eigenvalue weighted by molar-refractivity contribution is 0.417. The normalized spacial score (nSPS) is 12.5. The van der Waals surface area contributed by atoms with E-state index in [4.69, 9.17) is 10.5 Å². The first-order chi connectivity index (χ1) is 11.6. The molecule has 2 N–H and O–H groups in total. The summed E-state index contributed by atoms with van der Waals surface area (Å²) in [6, 6.07) is 8.68. The number of nitrogen functional groups attached to an aromatic ring is 1. The summed E-state index contributed by atoms with van der Waals surface area (Å²) in [5.41, 5.74) is 8.86. The van der Waals surface area contributed by atoms with Gasteiger partial charge < -0.3 is 10.5 Å². The number of methoxy groups -OCH3 is 1. The number of aromatic nitrogens is 2. The first kappa shape index (κ1) is 17.3. The molecule has 0 saturated heterocycles. The van der Waals surface area contributed by atoms with Crippen LogP contribution in [0.4, 0.5) is 5.69 Å². The largest absolute Gasteiger partial charge is 0.495 e. The van der Waals surface area contributed by atoms with E-state index in [1.54, 1.807) is 69.1 Å². The highest BCUT2D eigenvalue weighted by Crippen LogP contribution is 2.32. The van der Waals surface area contributed by atoms with E-state index in [-0.39, 0.29) is 4.90 Å². The number of anilines is 1. The van der Waals surface area contributed by atoms with E-state index in [2.05, 4.69) is 5.10 Å². The van der Waals surface area contributed by atoms with Crippen LogP contribution in [0.15, 0.2) is 47.6 Å². The molecule has 0 spiro atoms. The zero-order valence-electron chi connectivity index (χ0n) is 14.6. The Labute approximate surface area is 147 Å². The fourth-order valence-corrected chi connectivity index (χ4v) is 3.82. The minimum atomic E-state index is -3.45. The molecule has 2 aromatic heterocycles. The zero-order chi connectivity index (χ0) is 18.4. The summed E-state index contributed by atoms with van der Waals surface area (Å²) in [5.74, 6) is 0.594. The molecule has 0 aliphatic rings. The molecule has 25 heavy (non-hydrogen) atoms. The second-order valence-corrected chi connectivity index (χ2v) is 9.53. The van der Waals surface area contributed by atoms with Gasteiger partial charge in [-0.25, -0.2) is 12.9 Å². The van der Waals surface area contributed by atoms with Crippen LogP contribution in [0.3, 0.4) is 0 Å². The van der Waals surface area contributed by atoms with Crippen LogP contribution in [0.1, 0.15) is 20.8 Å². The minimum absolute atomic E-state index is 0.274. The summed E-state index contributed by atoms with van der Waals surface area (Å²) >= 11 is 0. The van der Waals surface area contributed by atoms with Crippen molar-refractivity contribution in [3.63, 3.8) is 0 Å². The third-order valence-corrected chi connectivity index (χ3v) is 6.64. The van der Waals surface area contributed by atoms with Crippen LogP contribution in [-0.4, -0.2) is 29.9 Å². The summed E-state index contributed by atoms with van der Waals surface area (Å²) in [7, 11) is -1.89. The fourth-order valence-electron chi connectivity index (χ4n) is 2.61. The highest BCUT2D eigenvalue weighted by atomic mass is 32.2. The van der Waals surface area contributed by atoms with Gasteiger partial charge in [0.2, 0.25) is 0 Å². The first-order valence-corrected chi connectivity index (χ1v) is 9.29. The van der Waals surface area contributed by atoms with Gasteiger partial charge in [0, 0.05) is 11.8 Å². The van der Waals surface area contributed by atoms with Crippen molar-refractivity contribution in [1.29, 1.82) is 0 Å². The summed E-state index contributed by atoms with van der Waals surface area (Å²) in [6.45, 7) is 5.07. The molecule has 0 aliphatic heterocycles. The first-order valence-electron chi connectivity index (χ1n) is 7.81. The molecule has 7 heteroatoms. The van der Waals surface area contributed by atoms with Crippen LogP contribution in [0.2, 0.25) is 0 Å². The quantitative estimate of drug-likeness (QED) is 0.726. The number of sulfone groups is 1. The molecule has 0 aliphatic carbocycles. The Hall–Kier alpha value is -2.54. The predicted octanol–water partition coefficient (Wildman–Crippen LogP) is 3.16. The van der Waals surface area contributed by atoms with Crippen molar-refractivity contribution in [3.8, 4) is 16.9 Å². The van der Waals surface area contributed by atoms with E-state index in [9.17, 15) is 8.42 Å². The van der Waals surface area contributed by atoms with Crippen molar-refractivity contribution in [2.24, 2.45) is 0 Å². The molecule has 3 aromatic rings. The number of fused-ring (bicyclic) bond motifs is 1. The van der Waals surface area contributed by atoms with Crippen LogP contribution in [0.5, 0.6) is 5.75 Å². The molecule has 0 fully saturated rings. The lowest BCUT2D eigenvalue weighted by atomic mass is 10.1. The van der Waals surface area contributed by atoms with Crippen LogP contribution in [-0.2, 0) is 9.84 Å². The average Bonchev–Trinajstić information content (AvgIpc) is 2.96. The van der Waals surface area contributed by atoms with Crippen molar-refractivity contribution in [2.45, 2.75) is 30.4 Å². The fraction of sp³-hybridized carbons (Fsp3) is 0.278. The third kappa shape index (κ3) is 2.84. The van der Waals surface area contributed by atoms with Gasteiger partial charge in [-0.15, -0.1) is 0 Å². The number of benzene rings is 1. The van der Waals surface area contributed by atoms with E-state index in [1.165, 1.54) is 0 Å². The topological polar surface area (TPSA) is 86.7 Å². The van der Waals surface area contributed by atoms with E-state index >= 15 is 0 Å². The van der Waals surface area contributed by atoms with Gasteiger partial charge in [-0.05, 0) is 50.6 Å². The minimum Gasteiger partial charge on any atom is -0.495 e. The number of nitrogens with two attached hydrogens (primary N) is 1. The maximum absolute atomic E-state index is 12.7. The molecule has 3 rings (SSSR count). The highest BCUT2D eigenvalue weighted by Gasteiger charge is 2.31. The lowest BCUT2D eigenvalue weighted by Crippen LogP contribution is -2.27.